The Morgan fingerprint density at radius 3 is 2.96 bits per heavy atom. The second-order valence-corrected chi connectivity index (χ2v) is 8.39. The van der Waals surface area contributed by atoms with Gasteiger partial charge < -0.3 is 15.0 Å². The molecule has 144 valence electrons. The summed E-state index contributed by atoms with van der Waals surface area (Å²) in [5, 5.41) is 6.12. The van der Waals surface area contributed by atoms with Crippen LogP contribution in [0.2, 0.25) is 0 Å². The zero-order chi connectivity index (χ0) is 18.5. The third-order valence-corrected chi connectivity index (χ3v) is 6.12. The highest BCUT2D eigenvalue weighted by Crippen LogP contribution is 2.30. The number of carbonyl (C=O) groups excluding carboxylic acids is 2. The molecule has 7 heteroatoms. The number of thiazole rings is 1. The summed E-state index contributed by atoms with van der Waals surface area (Å²) in [5.41, 5.74) is 1.02. The van der Waals surface area contributed by atoms with Gasteiger partial charge in [-0.15, -0.1) is 11.3 Å². The summed E-state index contributed by atoms with van der Waals surface area (Å²) in [7, 11) is 0. The lowest BCUT2D eigenvalue weighted by atomic mass is 9.98. The van der Waals surface area contributed by atoms with Crippen LogP contribution in [0.15, 0.2) is 5.38 Å². The molecule has 3 rings (SSSR count). The largest absolute Gasteiger partial charge is 0.368 e. The van der Waals surface area contributed by atoms with E-state index >= 15 is 0 Å². The van der Waals surface area contributed by atoms with Gasteiger partial charge in [0, 0.05) is 49.9 Å². The topological polar surface area (TPSA) is 71.5 Å². The van der Waals surface area contributed by atoms with Crippen LogP contribution in [0.4, 0.5) is 0 Å². The van der Waals surface area contributed by atoms with Gasteiger partial charge in [0.1, 0.15) is 6.10 Å². The maximum atomic E-state index is 12.6. The molecule has 0 aliphatic carbocycles. The summed E-state index contributed by atoms with van der Waals surface area (Å²) in [6, 6.07) is 0. The van der Waals surface area contributed by atoms with E-state index in [1.54, 1.807) is 11.3 Å². The number of hydrogen-bond acceptors (Lipinski definition) is 5. The number of rotatable bonds is 6. The van der Waals surface area contributed by atoms with Gasteiger partial charge in [-0.3, -0.25) is 9.59 Å². The maximum Gasteiger partial charge on any atom is 0.251 e. The van der Waals surface area contributed by atoms with Crippen molar-refractivity contribution < 1.29 is 14.3 Å². The van der Waals surface area contributed by atoms with Gasteiger partial charge in [0.25, 0.3) is 5.91 Å². The van der Waals surface area contributed by atoms with Crippen molar-refractivity contribution in [2.24, 2.45) is 5.92 Å². The van der Waals surface area contributed by atoms with E-state index in [0.717, 1.165) is 55.9 Å². The highest BCUT2D eigenvalue weighted by atomic mass is 32.1. The maximum absolute atomic E-state index is 12.6. The van der Waals surface area contributed by atoms with Crippen LogP contribution < -0.4 is 5.32 Å². The fourth-order valence-electron chi connectivity index (χ4n) is 3.50. The van der Waals surface area contributed by atoms with Crippen LogP contribution in [0.5, 0.6) is 0 Å². The lowest BCUT2D eigenvalue weighted by Crippen LogP contribution is -2.44. The Morgan fingerprint density at radius 2 is 2.23 bits per heavy atom. The first-order valence-corrected chi connectivity index (χ1v) is 10.5. The molecule has 1 aromatic heterocycles. The van der Waals surface area contributed by atoms with Crippen LogP contribution >= 0.6 is 11.3 Å². The molecule has 0 aromatic carbocycles. The predicted molar refractivity (Wildman–Crippen MR) is 101 cm³/mol. The number of piperidine rings is 1. The van der Waals surface area contributed by atoms with E-state index in [2.05, 4.69) is 10.7 Å². The van der Waals surface area contributed by atoms with E-state index in [9.17, 15) is 9.59 Å². The van der Waals surface area contributed by atoms with Crippen molar-refractivity contribution in [1.82, 2.24) is 15.2 Å². The molecule has 0 radical (unpaired) electrons. The van der Waals surface area contributed by atoms with E-state index in [1.165, 1.54) is 0 Å². The normalized spacial score (nSPS) is 23.4. The van der Waals surface area contributed by atoms with Crippen molar-refractivity contribution in [1.29, 1.82) is 0 Å². The standard InChI is InChI=1S/C19H29N3O3S/c1-13(2)17(23)20-8-7-15-12-26-18(21-15)14-5-3-9-22(11-14)19(24)16-6-4-10-25-16/h12-14,16H,3-11H2,1-2H3,(H,20,23). The van der Waals surface area contributed by atoms with Crippen LogP contribution in [0.1, 0.15) is 56.2 Å². The van der Waals surface area contributed by atoms with Crippen LogP contribution in [0.3, 0.4) is 0 Å². The predicted octanol–water partition coefficient (Wildman–Crippen LogP) is 2.34. The molecule has 0 saturated carbocycles. The fourth-order valence-corrected chi connectivity index (χ4v) is 4.48. The Labute approximate surface area is 159 Å². The van der Waals surface area contributed by atoms with Crippen molar-refractivity contribution >= 4 is 23.2 Å². The Balaban J connectivity index is 1.51. The van der Waals surface area contributed by atoms with Gasteiger partial charge in [-0.1, -0.05) is 13.8 Å². The van der Waals surface area contributed by atoms with Crippen molar-refractivity contribution in [2.75, 3.05) is 26.2 Å². The Kier molecular flexibility index (Phi) is 6.64. The fraction of sp³-hybridized carbons (Fsp3) is 0.737. The first kappa shape index (κ1) is 19.3. The average molecular weight is 380 g/mol. The van der Waals surface area contributed by atoms with Crippen molar-refractivity contribution in [2.45, 2.75) is 58.0 Å². The zero-order valence-electron chi connectivity index (χ0n) is 15.7. The number of ether oxygens (including phenoxy) is 1. The van der Waals surface area contributed by atoms with Crippen molar-refractivity contribution in [3.8, 4) is 0 Å². The molecule has 2 unspecified atom stereocenters. The Morgan fingerprint density at radius 1 is 1.38 bits per heavy atom. The summed E-state index contributed by atoms with van der Waals surface area (Å²) in [5.74, 6) is 0.560. The quantitative estimate of drug-likeness (QED) is 0.824. The minimum atomic E-state index is -0.231. The van der Waals surface area contributed by atoms with Gasteiger partial charge in [0.05, 0.1) is 10.7 Å². The number of nitrogens with one attached hydrogen (secondary N) is 1. The van der Waals surface area contributed by atoms with Crippen LogP contribution in [0.25, 0.3) is 0 Å². The third-order valence-electron chi connectivity index (χ3n) is 5.06. The Hall–Kier alpha value is -1.47. The monoisotopic (exact) mass is 379 g/mol. The molecule has 0 bridgehead atoms. The third kappa shape index (κ3) is 4.82. The van der Waals surface area contributed by atoms with E-state index in [-0.39, 0.29) is 23.8 Å². The number of likely N-dealkylation sites (tertiary alicyclic amines) is 1. The second-order valence-electron chi connectivity index (χ2n) is 7.50. The van der Waals surface area contributed by atoms with Crippen LogP contribution in [0, 0.1) is 5.92 Å². The zero-order valence-corrected chi connectivity index (χ0v) is 16.5. The van der Waals surface area contributed by atoms with Crippen molar-refractivity contribution in [3.63, 3.8) is 0 Å². The summed E-state index contributed by atoms with van der Waals surface area (Å²) in [6.07, 6.45) is 4.44. The molecular formula is C19H29N3O3S. The highest BCUT2D eigenvalue weighted by Gasteiger charge is 2.32. The SMILES string of the molecule is CC(C)C(=O)NCCc1csc(C2CCCN(C(=O)C3CCCO3)C2)n1. The molecular weight excluding hydrogens is 350 g/mol. The average Bonchev–Trinajstić information content (AvgIpc) is 3.33. The van der Waals surface area contributed by atoms with Gasteiger partial charge in [-0.25, -0.2) is 4.98 Å². The molecule has 2 amide bonds. The molecule has 2 saturated heterocycles. The molecule has 2 atom stereocenters. The van der Waals surface area contributed by atoms with Gasteiger partial charge >= 0.3 is 0 Å². The minimum Gasteiger partial charge on any atom is -0.368 e. The Bertz CT molecular complexity index is 625. The van der Waals surface area contributed by atoms with Crippen molar-refractivity contribution in [3.05, 3.63) is 16.1 Å². The lowest BCUT2D eigenvalue weighted by Gasteiger charge is -2.33. The van der Waals surface area contributed by atoms with Gasteiger partial charge in [0.15, 0.2) is 0 Å². The lowest BCUT2D eigenvalue weighted by molar-refractivity contribution is -0.142. The van der Waals surface area contributed by atoms with Gasteiger partial charge in [0.2, 0.25) is 5.91 Å². The summed E-state index contributed by atoms with van der Waals surface area (Å²) in [6.45, 7) is 6.68. The number of nitrogens with zero attached hydrogens (tertiary/aromatic N) is 2. The van der Waals surface area contributed by atoms with Gasteiger partial charge in [-0.05, 0) is 25.7 Å². The van der Waals surface area contributed by atoms with Crippen LogP contribution in [-0.4, -0.2) is 54.0 Å². The minimum absolute atomic E-state index is 0.00982. The highest BCUT2D eigenvalue weighted by molar-refractivity contribution is 7.09. The molecule has 2 aliphatic heterocycles. The van der Waals surface area contributed by atoms with E-state index in [1.807, 2.05) is 18.7 Å². The molecule has 0 spiro atoms. The number of amides is 2. The number of carbonyl (C=O) groups is 2. The second kappa shape index (κ2) is 8.95. The van der Waals surface area contributed by atoms with Gasteiger partial charge in [-0.2, -0.15) is 0 Å². The molecule has 1 N–H and O–H groups in total. The van der Waals surface area contributed by atoms with E-state index in [0.29, 0.717) is 19.1 Å². The first-order chi connectivity index (χ1) is 12.5. The first-order valence-electron chi connectivity index (χ1n) is 9.67. The summed E-state index contributed by atoms with van der Waals surface area (Å²) < 4.78 is 5.55. The van der Waals surface area contributed by atoms with E-state index < -0.39 is 0 Å². The molecule has 6 nitrogen and oxygen atoms in total. The summed E-state index contributed by atoms with van der Waals surface area (Å²) >= 11 is 1.67. The summed E-state index contributed by atoms with van der Waals surface area (Å²) in [4.78, 5) is 30.9. The molecule has 2 aliphatic rings. The number of aromatic nitrogens is 1. The number of hydrogen-bond donors (Lipinski definition) is 1. The molecule has 1 aromatic rings. The molecule has 26 heavy (non-hydrogen) atoms. The van der Waals surface area contributed by atoms with Crippen LogP contribution in [-0.2, 0) is 20.7 Å². The molecule has 3 heterocycles. The molecule has 2 fully saturated rings. The smallest absolute Gasteiger partial charge is 0.251 e. The van der Waals surface area contributed by atoms with E-state index in [4.69, 9.17) is 9.72 Å².